The van der Waals surface area contributed by atoms with Crippen molar-refractivity contribution in [2.24, 2.45) is 7.05 Å². The van der Waals surface area contributed by atoms with Gasteiger partial charge in [-0.2, -0.15) is 5.10 Å². The minimum absolute atomic E-state index is 0.422. The van der Waals surface area contributed by atoms with E-state index in [1.165, 1.54) is 0 Å². The molecule has 14 heavy (non-hydrogen) atoms. The summed E-state index contributed by atoms with van der Waals surface area (Å²) in [6.45, 7) is 0. The highest BCUT2D eigenvalue weighted by Gasteiger charge is 2.08. The molecule has 0 aromatic carbocycles. The molecule has 0 bridgehead atoms. The first kappa shape index (κ1) is 8.62. The van der Waals surface area contributed by atoms with Crippen molar-refractivity contribution >= 4 is 6.29 Å². The van der Waals surface area contributed by atoms with E-state index in [1.807, 2.05) is 18.2 Å². The van der Waals surface area contributed by atoms with Gasteiger partial charge < -0.3 is 0 Å². The van der Waals surface area contributed by atoms with Crippen molar-refractivity contribution in [1.29, 1.82) is 0 Å². The molecule has 0 fully saturated rings. The van der Waals surface area contributed by atoms with Crippen molar-refractivity contribution in [3.8, 4) is 11.3 Å². The maximum Gasteiger partial charge on any atom is 0.171 e. The Kier molecular flexibility index (Phi) is 2.10. The van der Waals surface area contributed by atoms with E-state index in [4.69, 9.17) is 0 Å². The van der Waals surface area contributed by atoms with Crippen molar-refractivity contribution in [1.82, 2.24) is 14.8 Å². The van der Waals surface area contributed by atoms with E-state index in [2.05, 4.69) is 10.1 Å². The quantitative estimate of drug-likeness (QED) is 0.665. The Morgan fingerprint density at radius 2 is 2.29 bits per heavy atom. The summed E-state index contributed by atoms with van der Waals surface area (Å²) in [5.41, 5.74) is 1.96. The number of aryl methyl sites for hydroxylation is 1. The van der Waals surface area contributed by atoms with Crippen LogP contribution in [0.5, 0.6) is 0 Å². The molecule has 0 atom stereocenters. The average Bonchev–Trinajstić information content (AvgIpc) is 2.61. The maximum atomic E-state index is 10.7. The van der Waals surface area contributed by atoms with Crippen LogP contribution in [-0.2, 0) is 7.05 Å². The van der Waals surface area contributed by atoms with Crippen LogP contribution < -0.4 is 0 Å². The number of aldehydes is 1. The van der Waals surface area contributed by atoms with Gasteiger partial charge in [0.25, 0.3) is 0 Å². The molecule has 0 saturated carbocycles. The second-order valence-electron chi connectivity index (χ2n) is 2.93. The van der Waals surface area contributed by atoms with Crippen LogP contribution in [0.1, 0.15) is 10.5 Å². The molecule has 0 saturated heterocycles. The van der Waals surface area contributed by atoms with Gasteiger partial charge >= 0.3 is 0 Å². The number of aromatic nitrogens is 3. The van der Waals surface area contributed by atoms with Gasteiger partial charge in [0.05, 0.1) is 5.69 Å². The minimum Gasteiger partial charge on any atom is -0.296 e. The van der Waals surface area contributed by atoms with Crippen LogP contribution in [0.4, 0.5) is 0 Å². The van der Waals surface area contributed by atoms with Crippen LogP contribution in [0.2, 0.25) is 0 Å². The Hall–Kier alpha value is -1.97. The molecule has 4 nitrogen and oxygen atoms in total. The van der Waals surface area contributed by atoms with Gasteiger partial charge in [-0.05, 0) is 12.1 Å². The molecule has 2 aromatic heterocycles. The summed E-state index contributed by atoms with van der Waals surface area (Å²) in [6.07, 6.45) is 4.22. The van der Waals surface area contributed by atoms with Crippen LogP contribution in [-0.4, -0.2) is 21.1 Å². The summed E-state index contributed by atoms with van der Waals surface area (Å²) >= 11 is 0. The molecule has 0 amide bonds. The highest BCUT2D eigenvalue weighted by Crippen LogP contribution is 2.18. The van der Waals surface area contributed by atoms with Crippen LogP contribution in [0, 0.1) is 0 Å². The van der Waals surface area contributed by atoms with Crippen molar-refractivity contribution in [2.45, 2.75) is 0 Å². The summed E-state index contributed by atoms with van der Waals surface area (Å²) in [7, 11) is 1.78. The van der Waals surface area contributed by atoms with Crippen molar-refractivity contribution in [3.63, 3.8) is 0 Å². The Labute approximate surface area is 81.2 Å². The number of nitrogens with zero attached hydrogens (tertiary/aromatic N) is 3. The molecule has 70 valence electrons. The number of hydrogen-bond donors (Lipinski definition) is 0. The Balaban J connectivity index is 2.56. The Morgan fingerprint density at radius 1 is 1.43 bits per heavy atom. The Morgan fingerprint density at radius 3 is 2.93 bits per heavy atom. The molecule has 0 radical (unpaired) electrons. The lowest BCUT2D eigenvalue weighted by Crippen LogP contribution is -1.89. The first-order valence-corrected chi connectivity index (χ1v) is 4.21. The van der Waals surface area contributed by atoms with Crippen molar-refractivity contribution in [2.75, 3.05) is 0 Å². The van der Waals surface area contributed by atoms with E-state index in [0.717, 1.165) is 17.5 Å². The van der Waals surface area contributed by atoms with E-state index < -0.39 is 0 Å². The van der Waals surface area contributed by atoms with Crippen LogP contribution in [0.3, 0.4) is 0 Å². The lowest BCUT2D eigenvalue weighted by Gasteiger charge is -1.94. The van der Waals surface area contributed by atoms with Crippen LogP contribution in [0.25, 0.3) is 11.3 Å². The molecule has 2 aromatic rings. The third-order valence-electron chi connectivity index (χ3n) is 1.91. The predicted octanol–water partition coefficient (Wildman–Crippen LogP) is 1.29. The molecule has 0 aliphatic rings. The number of hydrogen-bond acceptors (Lipinski definition) is 3. The maximum absolute atomic E-state index is 10.7. The fourth-order valence-electron chi connectivity index (χ4n) is 1.31. The molecular formula is C10H9N3O. The second-order valence-corrected chi connectivity index (χ2v) is 2.93. The fraction of sp³-hybridized carbons (Fsp3) is 0.100. The minimum atomic E-state index is 0.422. The van der Waals surface area contributed by atoms with Gasteiger partial charge in [-0.25, -0.2) is 0 Å². The number of pyridine rings is 1. The van der Waals surface area contributed by atoms with Gasteiger partial charge in [-0.15, -0.1) is 0 Å². The van der Waals surface area contributed by atoms with Gasteiger partial charge in [-0.3, -0.25) is 14.5 Å². The van der Waals surface area contributed by atoms with E-state index in [-0.39, 0.29) is 0 Å². The monoisotopic (exact) mass is 187 g/mol. The smallest absolute Gasteiger partial charge is 0.171 e. The molecular weight excluding hydrogens is 178 g/mol. The van der Waals surface area contributed by atoms with Crippen LogP contribution in [0.15, 0.2) is 30.6 Å². The molecule has 2 heterocycles. The normalized spacial score (nSPS) is 10.1. The molecule has 0 spiro atoms. The topological polar surface area (TPSA) is 47.8 Å². The predicted molar refractivity (Wildman–Crippen MR) is 51.8 cm³/mol. The molecule has 0 aliphatic heterocycles. The molecule has 2 rings (SSSR count). The third kappa shape index (κ3) is 1.42. The zero-order valence-electron chi connectivity index (χ0n) is 7.71. The number of rotatable bonds is 2. The third-order valence-corrected chi connectivity index (χ3v) is 1.91. The summed E-state index contributed by atoms with van der Waals surface area (Å²) < 4.78 is 1.60. The summed E-state index contributed by atoms with van der Waals surface area (Å²) in [5.74, 6) is 0. The number of carbonyl (C=O) groups excluding carboxylic acids is 1. The molecule has 0 N–H and O–H groups in total. The number of carbonyl (C=O) groups is 1. The molecule has 4 heteroatoms. The second kappa shape index (κ2) is 3.41. The highest BCUT2D eigenvalue weighted by atomic mass is 16.1. The van der Waals surface area contributed by atoms with Gasteiger partial charge in [-0.1, -0.05) is 6.07 Å². The van der Waals surface area contributed by atoms with E-state index in [1.54, 1.807) is 24.1 Å². The summed E-state index contributed by atoms with van der Waals surface area (Å²) in [5, 5.41) is 4.01. The van der Waals surface area contributed by atoms with E-state index >= 15 is 0 Å². The van der Waals surface area contributed by atoms with Gasteiger partial charge in [0.1, 0.15) is 5.69 Å². The Bertz CT molecular complexity index is 448. The summed E-state index contributed by atoms with van der Waals surface area (Å²) in [4.78, 5) is 14.9. The molecule has 0 unspecified atom stereocenters. The van der Waals surface area contributed by atoms with Crippen molar-refractivity contribution < 1.29 is 4.79 Å². The van der Waals surface area contributed by atoms with E-state index in [0.29, 0.717) is 5.69 Å². The van der Waals surface area contributed by atoms with E-state index in [9.17, 15) is 4.79 Å². The van der Waals surface area contributed by atoms with Gasteiger partial charge in [0, 0.05) is 25.0 Å². The fourth-order valence-corrected chi connectivity index (χ4v) is 1.31. The lowest BCUT2D eigenvalue weighted by atomic mass is 10.2. The largest absolute Gasteiger partial charge is 0.296 e. The standard InChI is InChI=1S/C10H9N3O/c1-13-6-8(10(7-14)12-13)9-4-2-3-5-11-9/h2-7H,1H3. The first-order valence-electron chi connectivity index (χ1n) is 4.21. The summed E-state index contributed by atoms with van der Waals surface area (Å²) in [6, 6.07) is 5.56. The van der Waals surface area contributed by atoms with Crippen LogP contribution >= 0.6 is 0 Å². The van der Waals surface area contributed by atoms with Gasteiger partial charge in [0.15, 0.2) is 6.29 Å². The average molecular weight is 187 g/mol. The SMILES string of the molecule is Cn1cc(-c2ccccn2)c(C=O)n1. The highest BCUT2D eigenvalue weighted by molar-refractivity contribution is 5.83. The lowest BCUT2D eigenvalue weighted by molar-refractivity contribution is 0.111. The van der Waals surface area contributed by atoms with Gasteiger partial charge in [0.2, 0.25) is 0 Å². The zero-order valence-corrected chi connectivity index (χ0v) is 7.71. The first-order chi connectivity index (χ1) is 6.81. The molecule has 0 aliphatic carbocycles. The zero-order chi connectivity index (χ0) is 9.97. The van der Waals surface area contributed by atoms with Crippen molar-refractivity contribution in [3.05, 3.63) is 36.3 Å².